The quantitative estimate of drug-likeness (QED) is 0.779. The lowest BCUT2D eigenvalue weighted by atomic mass is 10.2. The van der Waals surface area contributed by atoms with E-state index in [0.717, 1.165) is 18.3 Å². The molecule has 1 heterocycles. The van der Waals surface area contributed by atoms with Gasteiger partial charge in [-0.25, -0.2) is 4.98 Å². The van der Waals surface area contributed by atoms with Crippen LogP contribution in [-0.4, -0.2) is 11.6 Å². The molecule has 15 heavy (non-hydrogen) atoms. The Bertz CT molecular complexity index is 323. The van der Waals surface area contributed by atoms with Gasteiger partial charge in [-0.05, 0) is 12.0 Å². The van der Waals surface area contributed by atoms with Crippen molar-refractivity contribution >= 4 is 0 Å². The first-order valence-electron chi connectivity index (χ1n) is 4.55. The summed E-state index contributed by atoms with van der Waals surface area (Å²) >= 11 is 0. The van der Waals surface area contributed by atoms with Crippen molar-refractivity contribution in [3.8, 4) is 5.88 Å². The van der Waals surface area contributed by atoms with Crippen molar-refractivity contribution in [1.82, 2.24) is 4.98 Å². The first kappa shape index (κ1) is 11.8. The van der Waals surface area contributed by atoms with E-state index in [4.69, 9.17) is 4.74 Å². The van der Waals surface area contributed by atoms with Crippen molar-refractivity contribution in [2.45, 2.75) is 20.0 Å². The van der Waals surface area contributed by atoms with Gasteiger partial charge in [0.15, 0.2) is 0 Å². The molecule has 0 fully saturated rings. The number of pyridine rings is 1. The van der Waals surface area contributed by atoms with Gasteiger partial charge in [0.2, 0.25) is 5.88 Å². The molecule has 1 aromatic heterocycles. The fourth-order valence-corrected chi connectivity index (χ4v) is 0.917. The molecule has 1 rings (SSSR count). The van der Waals surface area contributed by atoms with Gasteiger partial charge >= 0.3 is 6.18 Å². The van der Waals surface area contributed by atoms with Crippen LogP contribution < -0.4 is 4.74 Å². The Balaban J connectivity index is 2.75. The standard InChI is InChI=1S/C10H12F3NO/c1-7(2)6-15-9-5-8(3-4-14-9)10(11,12)13/h3-5,7H,6H2,1-2H3. The molecule has 0 unspecified atom stereocenters. The van der Waals surface area contributed by atoms with Gasteiger partial charge in [-0.15, -0.1) is 0 Å². The molecule has 84 valence electrons. The SMILES string of the molecule is CC(C)COc1cc(C(F)(F)F)ccn1. The van der Waals surface area contributed by atoms with E-state index in [0.29, 0.717) is 6.61 Å². The molecule has 0 atom stereocenters. The van der Waals surface area contributed by atoms with Gasteiger partial charge in [0.1, 0.15) is 0 Å². The van der Waals surface area contributed by atoms with Gasteiger partial charge in [-0.2, -0.15) is 13.2 Å². The summed E-state index contributed by atoms with van der Waals surface area (Å²) in [5.74, 6) is 0.264. The van der Waals surface area contributed by atoms with Crippen molar-refractivity contribution in [1.29, 1.82) is 0 Å². The second-order valence-electron chi connectivity index (χ2n) is 3.59. The molecule has 0 N–H and O–H groups in total. The minimum atomic E-state index is -4.35. The molecule has 0 saturated heterocycles. The highest BCUT2D eigenvalue weighted by Gasteiger charge is 2.30. The van der Waals surface area contributed by atoms with Crippen LogP contribution in [0.3, 0.4) is 0 Å². The Morgan fingerprint density at radius 2 is 2.07 bits per heavy atom. The van der Waals surface area contributed by atoms with Crippen molar-refractivity contribution in [2.75, 3.05) is 6.61 Å². The van der Waals surface area contributed by atoms with E-state index < -0.39 is 11.7 Å². The number of halogens is 3. The number of ether oxygens (including phenoxy) is 1. The van der Waals surface area contributed by atoms with E-state index in [2.05, 4.69) is 4.98 Å². The largest absolute Gasteiger partial charge is 0.477 e. The Labute approximate surface area is 86.1 Å². The molecule has 0 aliphatic heterocycles. The third-order valence-electron chi connectivity index (χ3n) is 1.63. The van der Waals surface area contributed by atoms with E-state index in [1.54, 1.807) is 0 Å². The normalized spacial score (nSPS) is 11.9. The maximum absolute atomic E-state index is 12.3. The molecule has 1 aromatic rings. The molecule has 0 bridgehead atoms. The van der Waals surface area contributed by atoms with Gasteiger partial charge in [0.25, 0.3) is 0 Å². The summed E-state index contributed by atoms with van der Waals surface area (Å²) < 4.78 is 41.9. The average Bonchev–Trinajstić information content (AvgIpc) is 2.14. The Kier molecular flexibility index (Phi) is 3.55. The zero-order valence-electron chi connectivity index (χ0n) is 8.51. The van der Waals surface area contributed by atoms with E-state index in [-0.39, 0.29) is 11.8 Å². The molecule has 0 aromatic carbocycles. The van der Waals surface area contributed by atoms with E-state index >= 15 is 0 Å². The molecule has 0 aliphatic rings. The highest BCUT2D eigenvalue weighted by molar-refractivity contribution is 5.22. The summed E-state index contributed by atoms with van der Waals surface area (Å²) in [6.45, 7) is 4.18. The van der Waals surface area contributed by atoms with Crippen LogP contribution in [0.5, 0.6) is 5.88 Å². The molecule has 0 aliphatic carbocycles. The fraction of sp³-hybridized carbons (Fsp3) is 0.500. The second kappa shape index (κ2) is 4.51. The number of alkyl halides is 3. The maximum atomic E-state index is 12.3. The van der Waals surface area contributed by atoms with Crippen LogP contribution in [0.25, 0.3) is 0 Å². The summed E-state index contributed by atoms with van der Waals surface area (Å²) in [4.78, 5) is 3.70. The fourth-order valence-electron chi connectivity index (χ4n) is 0.917. The van der Waals surface area contributed by atoms with Crippen LogP contribution in [0.2, 0.25) is 0 Å². The minimum Gasteiger partial charge on any atom is -0.477 e. The molecule has 5 heteroatoms. The van der Waals surface area contributed by atoms with E-state index in [1.165, 1.54) is 0 Å². The Hall–Kier alpha value is -1.26. The van der Waals surface area contributed by atoms with Gasteiger partial charge in [0, 0.05) is 12.3 Å². The molecule has 0 radical (unpaired) electrons. The predicted octanol–water partition coefficient (Wildman–Crippen LogP) is 3.14. The third kappa shape index (κ3) is 3.77. The highest BCUT2D eigenvalue weighted by Crippen LogP contribution is 2.30. The predicted molar refractivity (Wildman–Crippen MR) is 49.6 cm³/mol. The first-order valence-corrected chi connectivity index (χ1v) is 4.55. The van der Waals surface area contributed by atoms with Crippen LogP contribution in [0, 0.1) is 5.92 Å². The monoisotopic (exact) mass is 219 g/mol. The average molecular weight is 219 g/mol. The Morgan fingerprint density at radius 3 is 2.60 bits per heavy atom. The van der Waals surface area contributed by atoms with Crippen LogP contribution >= 0.6 is 0 Å². The summed E-state index contributed by atoms with van der Waals surface area (Å²) in [6.07, 6.45) is -3.25. The molecule has 0 saturated carbocycles. The third-order valence-corrected chi connectivity index (χ3v) is 1.63. The number of rotatable bonds is 3. The van der Waals surface area contributed by atoms with Gasteiger partial charge in [-0.1, -0.05) is 13.8 Å². The summed E-state index contributed by atoms with van der Waals surface area (Å²) in [5, 5.41) is 0. The number of aromatic nitrogens is 1. The van der Waals surface area contributed by atoms with Crippen molar-refractivity contribution < 1.29 is 17.9 Å². The first-order chi connectivity index (χ1) is 6.89. The van der Waals surface area contributed by atoms with Gasteiger partial charge < -0.3 is 4.74 Å². The lowest BCUT2D eigenvalue weighted by molar-refractivity contribution is -0.137. The van der Waals surface area contributed by atoms with E-state index in [1.807, 2.05) is 13.8 Å². The van der Waals surface area contributed by atoms with Gasteiger partial charge in [0.05, 0.1) is 12.2 Å². The van der Waals surface area contributed by atoms with Crippen molar-refractivity contribution in [3.05, 3.63) is 23.9 Å². The molecule has 0 amide bonds. The molecule has 0 spiro atoms. The van der Waals surface area contributed by atoms with Crippen molar-refractivity contribution in [2.24, 2.45) is 5.92 Å². The summed E-state index contributed by atoms with van der Waals surface area (Å²) in [6, 6.07) is 1.82. The summed E-state index contributed by atoms with van der Waals surface area (Å²) in [5.41, 5.74) is -0.740. The topological polar surface area (TPSA) is 22.1 Å². The minimum absolute atomic E-state index is 0.0125. The van der Waals surface area contributed by atoms with Crippen LogP contribution in [-0.2, 0) is 6.18 Å². The maximum Gasteiger partial charge on any atom is 0.416 e. The van der Waals surface area contributed by atoms with E-state index in [9.17, 15) is 13.2 Å². The zero-order valence-corrected chi connectivity index (χ0v) is 8.51. The zero-order chi connectivity index (χ0) is 11.5. The van der Waals surface area contributed by atoms with Crippen LogP contribution in [0.1, 0.15) is 19.4 Å². The lowest BCUT2D eigenvalue weighted by Crippen LogP contribution is -2.08. The number of hydrogen-bond acceptors (Lipinski definition) is 2. The van der Waals surface area contributed by atoms with Crippen molar-refractivity contribution in [3.63, 3.8) is 0 Å². The molecular weight excluding hydrogens is 207 g/mol. The van der Waals surface area contributed by atoms with Gasteiger partial charge in [-0.3, -0.25) is 0 Å². The number of nitrogens with zero attached hydrogens (tertiary/aromatic N) is 1. The number of hydrogen-bond donors (Lipinski definition) is 0. The van der Waals surface area contributed by atoms with Crippen LogP contribution in [0.4, 0.5) is 13.2 Å². The Morgan fingerprint density at radius 1 is 1.40 bits per heavy atom. The lowest BCUT2D eigenvalue weighted by Gasteiger charge is -2.10. The smallest absolute Gasteiger partial charge is 0.416 e. The molecule has 2 nitrogen and oxygen atoms in total. The highest BCUT2D eigenvalue weighted by atomic mass is 19.4. The van der Waals surface area contributed by atoms with Crippen LogP contribution in [0.15, 0.2) is 18.3 Å². The summed E-state index contributed by atoms with van der Waals surface area (Å²) in [7, 11) is 0. The second-order valence-corrected chi connectivity index (χ2v) is 3.59. The molecular formula is C10H12F3NO.